The number of imidazole rings is 1. The summed E-state index contributed by atoms with van der Waals surface area (Å²) in [5, 5.41) is 0.188. The highest BCUT2D eigenvalue weighted by Gasteiger charge is 2.24. The van der Waals surface area contributed by atoms with Crippen molar-refractivity contribution in [3.05, 3.63) is 58.5 Å². The van der Waals surface area contributed by atoms with Crippen LogP contribution in [0.3, 0.4) is 0 Å². The number of benzene rings is 1. The number of ether oxygens (including phenoxy) is 1. The number of nitrogens with one attached hydrogen (secondary N) is 1. The summed E-state index contributed by atoms with van der Waals surface area (Å²) in [5.41, 5.74) is 2.07. The lowest BCUT2D eigenvalue weighted by Crippen LogP contribution is -2.19. The van der Waals surface area contributed by atoms with Crippen molar-refractivity contribution in [2.75, 3.05) is 24.8 Å². The van der Waals surface area contributed by atoms with Crippen molar-refractivity contribution in [1.29, 1.82) is 0 Å². The maximum atomic E-state index is 12.9. The number of aromatic amines is 1. The summed E-state index contributed by atoms with van der Waals surface area (Å²) in [5.74, 6) is 2.26. The maximum absolute atomic E-state index is 12.9. The van der Waals surface area contributed by atoms with Gasteiger partial charge in [-0.15, -0.1) is 0 Å². The zero-order valence-corrected chi connectivity index (χ0v) is 19.7. The van der Waals surface area contributed by atoms with E-state index < -0.39 is 11.2 Å². The van der Waals surface area contributed by atoms with E-state index in [-0.39, 0.29) is 17.4 Å². The Morgan fingerprint density at radius 2 is 1.88 bits per heavy atom. The number of hydrogen-bond donors (Lipinski definition) is 1. The summed E-state index contributed by atoms with van der Waals surface area (Å²) in [6, 6.07) is 7.44. The van der Waals surface area contributed by atoms with Gasteiger partial charge in [0.1, 0.15) is 22.8 Å². The first-order valence-corrected chi connectivity index (χ1v) is 11.8. The minimum atomic E-state index is -1.40. The van der Waals surface area contributed by atoms with Gasteiger partial charge in [-0.2, -0.15) is 9.97 Å². The zero-order valence-electron chi connectivity index (χ0n) is 18.9. The number of aryl methyl sites for hydroxylation is 1. The second-order valence-electron chi connectivity index (χ2n) is 7.49. The van der Waals surface area contributed by atoms with Gasteiger partial charge in [-0.05, 0) is 37.6 Å². The minimum absolute atomic E-state index is 0.188. The third-order valence-corrected chi connectivity index (χ3v) is 6.50. The van der Waals surface area contributed by atoms with Crippen LogP contribution in [0.25, 0.3) is 11.2 Å². The Kier molecular flexibility index (Phi) is 6.61. The van der Waals surface area contributed by atoms with Crippen molar-refractivity contribution in [3.8, 4) is 5.75 Å². The number of nitrogens with zero attached hydrogens (tertiary/aromatic N) is 6. The summed E-state index contributed by atoms with van der Waals surface area (Å²) in [6.07, 6.45) is 4.07. The van der Waals surface area contributed by atoms with Crippen molar-refractivity contribution >= 4 is 33.8 Å². The van der Waals surface area contributed by atoms with Crippen LogP contribution >= 0.6 is 0 Å². The number of methoxy groups -OCH3 is 1. The molecule has 0 saturated carbocycles. The molecule has 0 spiro atoms. The fraction of sp³-hybridized carbons (Fsp3) is 0.318. The van der Waals surface area contributed by atoms with Gasteiger partial charge in [-0.1, -0.05) is 6.92 Å². The highest BCUT2D eigenvalue weighted by Crippen LogP contribution is 2.29. The van der Waals surface area contributed by atoms with Gasteiger partial charge in [0.05, 0.1) is 13.7 Å². The first-order valence-electron chi connectivity index (χ1n) is 10.5. The van der Waals surface area contributed by atoms with Crippen molar-refractivity contribution in [2.45, 2.75) is 32.0 Å². The predicted octanol–water partition coefficient (Wildman–Crippen LogP) is 2.56. The van der Waals surface area contributed by atoms with Crippen LogP contribution in [0.5, 0.6) is 5.75 Å². The largest absolute Gasteiger partial charge is 0.609 e. The van der Waals surface area contributed by atoms with Gasteiger partial charge in [0.15, 0.2) is 11.5 Å². The fourth-order valence-electron chi connectivity index (χ4n) is 3.38. The van der Waals surface area contributed by atoms with Crippen molar-refractivity contribution in [2.24, 2.45) is 0 Å². The van der Waals surface area contributed by atoms with Crippen LogP contribution in [0.2, 0.25) is 0 Å². The van der Waals surface area contributed by atoms with Crippen LogP contribution in [-0.4, -0.2) is 54.0 Å². The first kappa shape index (κ1) is 22.7. The molecule has 0 radical (unpaired) electrons. The Hall–Kier alpha value is -3.44. The molecule has 1 atom stereocenters. The maximum Gasteiger partial charge on any atom is 0.346 e. The molecular formula is C22H25N7O3S. The number of aromatic nitrogens is 6. The van der Waals surface area contributed by atoms with Gasteiger partial charge in [0, 0.05) is 41.9 Å². The third-order valence-electron chi connectivity index (χ3n) is 5.13. The summed E-state index contributed by atoms with van der Waals surface area (Å²) < 4.78 is 19.6. The molecule has 0 fully saturated rings. The smallest absolute Gasteiger partial charge is 0.346 e. The lowest BCUT2D eigenvalue weighted by atomic mass is 10.2. The lowest BCUT2D eigenvalue weighted by Gasteiger charge is -2.20. The topological polar surface area (TPSA) is 125 Å². The van der Waals surface area contributed by atoms with E-state index in [2.05, 4.69) is 24.9 Å². The molecular weight excluding hydrogens is 442 g/mol. The predicted molar refractivity (Wildman–Crippen MR) is 127 cm³/mol. The molecule has 0 saturated heterocycles. The molecule has 3 heterocycles. The van der Waals surface area contributed by atoms with Gasteiger partial charge in [-0.25, -0.2) is 14.8 Å². The zero-order chi connectivity index (χ0) is 23.5. The van der Waals surface area contributed by atoms with Crippen molar-refractivity contribution < 1.29 is 9.29 Å². The Morgan fingerprint density at radius 1 is 1.18 bits per heavy atom. The molecule has 0 amide bonds. The highest BCUT2D eigenvalue weighted by atomic mass is 32.2. The van der Waals surface area contributed by atoms with Crippen LogP contribution in [0.4, 0.5) is 11.5 Å². The van der Waals surface area contributed by atoms with Gasteiger partial charge in [0.2, 0.25) is 0 Å². The summed E-state index contributed by atoms with van der Waals surface area (Å²) >= 11 is -1.40. The molecule has 4 rings (SSSR count). The molecule has 11 heteroatoms. The second-order valence-corrected chi connectivity index (χ2v) is 8.95. The molecule has 172 valence electrons. The van der Waals surface area contributed by atoms with Crippen molar-refractivity contribution in [1.82, 2.24) is 29.5 Å². The van der Waals surface area contributed by atoms with Crippen LogP contribution in [0, 0.1) is 6.92 Å². The average Bonchev–Trinajstić information content (AvgIpc) is 3.14. The van der Waals surface area contributed by atoms with Gasteiger partial charge in [0.25, 0.3) is 0 Å². The van der Waals surface area contributed by atoms with Crippen LogP contribution in [-0.2, 0) is 17.7 Å². The second kappa shape index (κ2) is 9.59. The molecule has 0 aliphatic carbocycles. The summed E-state index contributed by atoms with van der Waals surface area (Å²) in [4.78, 5) is 35.1. The monoisotopic (exact) mass is 467 g/mol. The van der Waals surface area contributed by atoms with E-state index in [1.807, 2.05) is 43.1 Å². The number of rotatable bonds is 8. The number of H-pyrrole nitrogens is 1. The minimum Gasteiger partial charge on any atom is -0.609 e. The fourth-order valence-corrected chi connectivity index (χ4v) is 4.31. The number of anilines is 2. The van der Waals surface area contributed by atoms with E-state index >= 15 is 0 Å². The van der Waals surface area contributed by atoms with Crippen LogP contribution < -0.4 is 15.3 Å². The molecule has 33 heavy (non-hydrogen) atoms. The lowest BCUT2D eigenvalue weighted by molar-refractivity contribution is 0.415. The first-order chi connectivity index (χ1) is 15.9. The molecule has 0 bridgehead atoms. The van der Waals surface area contributed by atoms with Crippen LogP contribution in [0.15, 0.2) is 46.6 Å². The molecule has 4 aromatic rings. The standard InChI is InChI=1S/C22H25N7O3S/c1-5-10-33(31)21-26-19(28(3)16-6-8-17(32-4)9-7-16)18-20(27-21)29(22(30)25-18)13-15-11-23-14(2)24-12-15/h6-9,11-12H,5,10,13H2,1-4H3,(H,25,30). The van der Waals surface area contributed by atoms with E-state index in [4.69, 9.17) is 4.74 Å². The van der Waals surface area contributed by atoms with E-state index in [0.29, 0.717) is 28.6 Å². The normalized spacial score (nSPS) is 12.2. The third kappa shape index (κ3) is 4.69. The van der Waals surface area contributed by atoms with E-state index in [1.165, 1.54) is 4.57 Å². The van der Waals surface area contributed by atoms with Crippen LogP contribution in [0.1, 0.15) is 24.7 Å². The van der Waals surface area contributed by atoms with E-state index in [9.17, 15) is 9.35 Å². The summed E-state index contributed by atoms with van der Waals surface area (Å²) in [7, 11) is 3.44. The quantitative estimate of drug-likeness (QED) is 0.310. The Balaban J connectivity index is 1.85. The molecule has 3 aromatic heterocycles. The van der Waals surface area contributed by atoms with E-state index in [0.717, 1.165) is 23.4 Å². The molecule has 1 N–H and O–H groups in total. The number of fused-ring (bicyclic) bond motifs is 1. The molecule has 0 aliphatic heterocycles. The molecule has 1 unspecified atom stereocenters. The molecule has 10 nitrogen and oxygen atoms in total. The van der Waals surface area contributed by atoms with Gasteiger partial charge >= 0.3 is 10.8 Å². The Bertz CT molecular complexity index is 1300. The average molecular weight is 468 g/mol. The van der Waals surface area contributed by atoms with Gasteiger partial charge in [-0.3, -0.25) is 4.57 Å². The van der Waals surface area contributed by atoms with Gasteiger partial charge < -0.3 is 19.2 Å². The Morgan fingerprint density at radius 3 is 2.52 bits per heavy atom. The SMILES string of the molecule is CCC[S+]([O-])c1nc(N(C)c2ccc(OC)cc2)c2[nH]c(=O)n(Cc3cnc(C)nc3)c2n1. The summed E-state index contributed by atoms with van der Waals surface area (Å²) in [6.45, 7) is 3.97. The number of hydrogen-bond acceptors (Lipinski definition) is 8. The molecule has 1 aromatic carbocycles. The van der Waals surface area contributed by atoms with Crippen molar-refractivity contribution in [3.63, 3.8) is 0 Å². The Labute approximate surface area is 193 Å². The highest BCUT2D eigenvalue weighted by molar-refractivity contribution is 7.91. The molecule has 0 aliphatic rings. The van der Waals surface area contributed by atoms with E-state index in [1.54, 1.807) is 26.4 Å².